The number of nitrogens with zero attached hydrogens (tertiary/aromatic N) is 4. The monoisotopic (exact) mass is 447 g/mol. The van der Waals surface area contributed by atoms with Crippen LogP contribution < -0.4 is 10.9 Å². The van der Waals surface area contributed by atoms with Gasteiger partial charge in [-0.3, -0.25) is 14.0 Å². The van der Waals surface area contributed by atoms with Gasteiger partial charge in [0.15, 0.2) is 4.96 Å². The van der Waals surface area contributed by atoms with Gasteiger partial charge in [-0.15, -0.1) is 11.3 Å². The molecule has 0 aliphatic heterocycles. The molecule has 32 heavy (non-hydrogen) atoms. The molecular formula is C24H25N5O2S. The summed E-state index contributed by atoms with van der Waals surface area (Å²) in [5, 5.41) is 9.62. The third-order valence-electron chi connectivity index (χ3n) is 5.84. The van der Waals surface area contributed by atoms with Crippen LogP contribution in [0.4, 0.5) is 0 Å². The lowest BCUT2D eigenvalue weighted by Gasteiger charge is -2.09. The first-order chi connectivity index (χ1) is 15.3. The molecule has 1 aromatic carbocycles. The van der Waals surface area contributed by atoms with Crippen LogP contribution in [0.3, 0.4) is 0 Å². The van der Waals surface area contributed by atoms with Gasteiger partial charge in [0.1, 0.15) is 5.69 Å². The quantitative estimate of drug-likeness (QED) is 0.506. The third kappa shape index (κ3) is 3.64. The predicted octanol–water partition coefficient (Wildman–Crippen LogP) is 3.66. The highest BCUT2D eigenvalue weighted by molar-refractivity contribution is 7.15. The van der Waals surface area contributed by atoms with Gasteiger partial charge in [0.25, 0.3) is 5.56 Å². The normalized spacial score (nSPS) is 13.6. The first-order valence-corrected chi connectivity index (χ1v) is 11.6. The summed E-state index contributed by atoms with van der Waals surface area (Å²) in [6.07, 6.45) is 2.23. The molecule has 1 saturated carbocycles. The number of carbonyl (C=O) groups excluding carboxylic acids is 1. The fraction of sp³-hybridized carbons (Fsp3) is 0.333. The number of benzene rings is 1. The van der Waals surface area contributed by atoms with Crippen LogP contribution >= 0.6 is 11.3 Å². The van der Waals surface area contributed by atoms with Crippen molar-refractivity contribution < 1.29 is 4.79 Å². The zero-order valence-electron chi connectivity index (χ0n) is 18.6. The van der Waals surface area contributed by atoms with Crippen molar-refractivity contribution in [1.29, 1.82) is 0 Å². The molecule has 0 saturated heterocycles. The van der Waals surface area contributed by atoms with Gasteiger partial charge in [0, 0.05) is 22.8 Å². The van der Waals surface area contributed by atoms with Crippen LogP contribution in [0.5, 0.6) is 0 Å². The van der Waals surface area contributed by atoms with E-state index >= 15 is 0 Å². The summed E-state index contributed by atoms with van der Waals surface area (Å²) in [6, 6.07) is 8.45. The molecule has 5 rings (SSSR count). The number of hydrogen-bond acceptors (Lipinski definition) is 5. The Hall–Kier alpha value is -3.26. The first-order valence-electron chi connectivity index (χ1n) is 10.8. The highest BCUT2D eigenvalue weighted by Crippen LogP contribution is 2.25. The topological polar surface area (TPSA) is 81.3 Å². The Morgan fingerprint density at radius 3 is 2.72 bits per heavy atom. The van der Waals surface area contributed by atoms with Gasteiger partial charge in [-0.1, -0.05) is 12.1 Å². The summed E-state index contributed by atoms with van der Waals surface area (Å²) in [7, 11) is 0. The minimum atomic E-state index is -0.186. The molecule has 8 heteroatoms. The molecule has 0 spiro atoms. The Labute approximate surface area is 189 Å². The van der Waals surface area contributed by atoms with Crippen molar-refractivity contribution in [1.82, 2.24) is 24.5 Å². The second kappa shape index (κ2) is 7.70. The average molecular weight is 448 g/mol. The van der Waals surface area contributed by atoms with E-state index in [-0.39, 0.29) is 23.9 Å². The number of nitrogens with one attached hydrogen (secondary N) is 1. The van der Waals surface area contributed by atoms with Crippen molar-refractivity contribution >= 4 is 22.2 Å². The summed E-state index contributed by atoms with van der Waals surface area (Å²) in [4.78, 5) is 31.2. The largest absolute Gasteiger partial charge is 0.353 e. The molecule has 1 aliphatic rings. The van der Waals surface area contributed by atoms with Crippen molar-refractivity contribution in [2.24, 2.45) is 0 Å². The second-order valence-corrected chi connectivity index (χ2v) is 9.45. The molecule has 1 aliphatic carbocycles. The van der Waals surface area contributed by atoms with E-state index in [1.165, 1.54) is 11.3 Å². The van der Waals surface area contributed by atoms with E-state index in [0.717, 1.165) is 35.3 Å². The Bertz CT molecular complexity index is 1420. The van der Waals surface area contributed by atoms with Gasteiger partial charge in [-0.2, -0.15) is 5.10 Å². The van der Waals surface area contributed by atoms with E-state index in [1.807, 2.05) is 36.9 Å². The maximum absolute atomic E-state index is 13.6. The minimum Gasteiger partial charge on any atom is -0.353 e. The van der Waals surface area contributed by atoms with Crippen LogP contribution in [0.1, 0.15) is 41.1 Å². The van der Waals surface area contributed by atoms with Crippen molar-refractivity contribution in [3.63, 3.8) is 0 Å². The highest BCUT2D eigenvalue weighted by Gasteiger charge is 2.25. The molecule has 3 heterocycles. The molecular weight excluding hydrogens is 422 g/mol. The van der Waals surface area contributed by atoms with Crippen LogP contribution in [-0.2, 0) is 11.2 Å². The average Bonchev–Trinajstić information content (AvgIpc) is 3.33. The summed E-state index contributed by atoms with van der Waals surface area (Å²) >= 11 is 1.38. The van der Waals surface area contributed by atoms with E-state index in [9.17, 15) is 9.59 Å². The van der Waals surface area contributed by atoms with Crippen LogP contribution in [0.25, 0.3) is 21.9 Å². The minimum absolute atomic E-state index is 0.0590. The molecule has 7 nitrogen and oxygen atoms in total. The maximum atomic E-state index is 13.6. The molecule has 0 unspecified atom stereocenters. The number of hydrogen-bond donors (Lipinski definition) is 1. The Kier molecular flexibility index (Phi) is 4.97. The molecule has 0 bridgehead atoms. The van der Waals surface area contributed by atoms with Gasteiger partial charge in [0.2, 0.25) is 5.91 Å². The zero-order chi connectivity index (χ0) is 22.6. The van der Waals surface area contributed by atoms with Gasteiger partial charge in [-0.05, 0) is 63.8 Å². The Balaban J connectivity index is 1.60. The highest BCUT2D eigenvalue weighted by atomic mass is 32.1. The van der Waals surface area contributed by atoms with E-state index in [2.05, 4.69) is 35.4 Å². The lowest BCUT2D eigenvalue weighted by Crippen LogP contribution is -2.29. The van der Waals surface area contributed by atoms with Crippen LogP contribution in [0.15, 0.2) is 34.4 Å². The van der Waals surface area contributed by atoms with Gasteiger partial charge in [-0.25, -0.2) is 9.67 Å². The van der Waals surface area contributed by atoms with E-state index in [4.69, 9.17) is 5.10 Å². The first kappa shape index (κ1) is 20.6. The second-order valence-electron chi connectivity index (χ2n) is 8.61. The van der Waals surface area contributed by atoms with Gasteiger partial charge < -0.3 is 5.32 Å². The Morgan fingerprint density at radius 2 is 1.97 bits per heavy atom. The summed E-state index contributed by atoms with van der Waals surface area (Å²) < 4.78 is 3.44. The van der Waals surface area contributed by atoms with Crippen LogP contribution in [0.2, 0.25) is 0 Å². The molecule has 3 aromatic heterocycles. The molecule has 0 atom stereocenters. The number of aryl methyl sites for hydroxylation is 4. The zero-order valence-corrected chi connectivity index (χ0v) is 19.4. The number of carbonyl (C=O) groups is 1. The lowest BCUT2D eigenvalue weighted by atomic mass is 10.1. The fourth-order valence-corrected chi connectivity index (χ4v) is 4.91. The van der Waals surface area contributed by atoms with Crippen LogP contribution in [-0.4, -0.2) is 31.1 Å². The molecule has 0 radical (unpaired) electrons. The van der Waals surface area contributed by atoms with Gasteiger partial charge in [0.05, 0.1) is 23.4 Å². The van der Waals surface area contributed by atoms with E-state index in [1.54, 1.807) is 4.40 Å². The van der Waals surface area contributed by atoms with E-state index in [0.29, 0.717) is 27.6 Å². The standard InChI is InChI=1S/C24H25N5O2S/c1-13-5-6-14(2)20(9-13)29-15(3)10-19(27-29)22-16(4)25-24-28(23(22)31)18(12-32-24)11-21(30)26-17-7-8-17/h5-6,9-10,12,17H,7-8,11H2,1-4H3,(H,26,30). The van der Waals surface area contributed by atoms with Gasteiger partial charge >= 0.3 is 0 Å². The van der Waals surface area contributed by atoms with Crippen molar-refractivity contribution in [3.8, 4) is 16.9 Å². The molecule has 164 valence electrons. The number of rotatable bonds is 5. The molecule has 1 fully saturated rings. The number of amides is 1. The Morgan fingerprint density at radius 1 is 1.19 bits per heavy atom. The predicted molar refractivity (Wildman–Crippen MR) is 126 cm³/mol. The lowest BCUT2D eigenvalue weighted by molar-refractivity contribution is -0.120. The summed E-state index contributed by atoms with van der Waals surface area (Å²) in [5.41, 5.74) is 6.35. The summed E-state index contributed by atoms with van der Waals surface area (Å²) in [6.45, 7) is 7.92. The maximum Gasteiger partial charge on any atom is 0.268 e. The SMILES string of the molecule is Cc1ccc(C)c(-n2nc(-c3c(C)nc4scc(CC(=O)NC5CC5)n4c3=O)cc2C)c1. The molecule has 1 N–H and O–H groups in total. The van der Waals surface area contributed by atoms with Crippen molar-refractivity contribution in [2.45, 2.75) is 53.0 Å². The molecule has 1 amide bonds. The van der Waals surface area contributed by atoms with E-state index < -0.39 is 0 Å². The smallest absolute Gasteiger partial charge is 0.268 e. The number of thiazole rings is 1. The number of fused-ring (bicyclic) bond motifs is 1. The fourth-order valence-electron chi connectivity index (χ4n) is 3.98. The number of aromatic nitrogens is 4. The third-order valence-corrected chi connectivity index (χ3v) is 6.72. The van der Waals surface area contributed by atoms with Crippen LogP contribution in [0, 0.1) is 27.7 Å². The van der Waals surface area contributed by atoms with Crippen molar-refractivity contribution in [3.05, 3.63) is 68.2 Å². The molecule has 4 aromatic rings. The van der Waals surface area contributed by atoms with Crippen molar-refractivity contribution in [2.75, 3.05) is 0 Å². The summed E-state index contributed by atoms with van der Waals surface area (Å²) in [5.74, 6) is -0.0590.